The van der Waals surface area contributed by atoms with E-state index in [0.29, 0.717) is 6.04 Å². The van der Waals surface area contributed by atoms with Crippen molar-refractivity contribution in [2.75, 3.05) is 12.8 Å². The highest BCUT2D eigenvalue weighted by molar-refractivity contribution is 7.99. The lowest BCUT2D eigenvalue weighted by molar-refractivity contribution is 0.427. The molecule has 0 heterocycles. The summed E-state index contributed by atoms with van der Waals surface area (Å²) in [5.74, 6) is 1.78. The van der Waals surface area contributed by atoms with Crippen LogP contribution in [0.25, 0.3) is 0 Å². The second kappa shape index (κ2) is 7.15. The van der Waals surface area contributed by atoms with Crippen LogP contribution in [0.3, 0.4) is 0 Å². The smallest absolute Gasteiger partial charge is 0.124 e. The van der Waals surface area contributed by atoms with Gasteiger partial charge in [0.15, 0.2) is 0 Å². The molecule has 1 aliphatic rings. The number of hydrogen-bond acceptors (Lipinski definition) is 2. The maximum absolute atomic E-state index is 13.1. The summed E-state index contributed by atoms with van der Waals surface area (Å²) in [6, 6.07) is 7.42. The van der Waals surface area contributed by atoms with Gasteiger partial charge in [0.1, 0.15) is 5.82 Å². The van der Waals surface area contributed by atoms with Crippen LogP contribution in [0.5, 0.6) is 0 Å². The van der Waals surface area contributed by atoms with Gasteiger partial charge in [-0.1, -0.05) is 31.7 Å². The van der Waals surface area contributed by atoms with Crippen LogP contribution in [0.4, 0.5) is 4.39 Å². The maximum atomic E-state index is 13.1. The Labute approximate surface area is 114 Å². The second-order valence-electron chi connectivity index (χ2n) is 5.14. The third-order valence-corrected chi connectivity index (χ3v) is 4.90. The van der Waals surface area contributed by atoms with Gasteiger partial charge in [0.05, 0.1) is 0 Å². The molecular formula is C15H22FNS. The highest BCUT2D eigenvalue weighted by Gasteiger charge is 2.19. The van der Waals surface area contributed by atoms with Crippen molar-refractivity contribution in [1.82, 2.24) is 5.32 Å². The highest BCUT2D eigenvalue weighted by Crippen LogP contribution is 2.30. The van der Waals surface area contributed by atoms with Gasteiger partial charge in [-0.25, -0.2) is 4.39 Å². The molecule has 1 saturated carbocycles. The minimum Gasteiger partial charge on any atom is -0.316 e. The van der Waals surface area contributed by atoms with Gasteiger partial charge in [-0.15, -0.1) is 11.8 Å². The number of rotatable bonds is 6. The van der Waals surface area contributed by atoms with Gasteiger partial charge in [0, 0.05) is 16.7 Å². The molecule has 0 aromatic heterocycles. The second-order valence-corrected chi connectivity index (χ2v) is 6.23. The first kappa shape index (κ1) is 13.9. The summed E-state index contributed by atoms with van der Waals surface area (Å²) in [7, 11) is 2.03. The molecule has 1 unspecified atom stereocenters. The van der Waals surface area contributed by atoms with E-state index in [1.165, 1.54) is 38.2 Å². The average molecular weight is 267 g/mol. The number of benzene rings is 1. The maximum Gasteiger partial charge on any atom is 0.124 e. The molecule has 1 N–H and O–H groups in total. The van der Waals surface area contributed by atoms with Crippen LogP contribution >= 0.6 is 11.8 Å². The van der Waals surface area contributed by atoms with Crippen molar-refractivity contribution in [1.29, 1.82) is 0 Å². The van der Waals surface area contributed by atoms with E-state index in [2.05, 4.69) is 5.32 Å². The van der Waals surface area contributed by atoms with Gasteiger partial charge in [0.2, 0.25) is 0 Å². The first-order valence-corrected chi connectivity index (χ1v) is 7.82. The fraction of sp³-hybridized carbons (Fsp3) is 0.600. The molecule has 0 amide bonds. The van der Waals surface area contributed by atoms with E-state index in [1.54, 1.807) is 23.9 Å². The Balaban J connectivity index is 1.79. The first-order valence-electron chi connectivity index (χ1n) is 6.83. The van der Waals surface area contributed by atoms with Crippen molar-refractivity contribution < 1.29 is 4.39 Å². The quantitative estimate of drug-likeness (QED) is 0.779. The minimum atomic E-state index is -0.142. The Kier molecular flexibility index (Phi) is 5.51. The van der Waals surface area contributed by atoms with Gasteiger partial charge in [-0.2, -0.15) is 0 Å². The first-order chi connectivity index (χ1) is 8.78. The number of halogens is 1. The molecule has 2 rings (SSSR count). The summed E-state index contributed by atoms with van der Waals surface area (Å²) in [4.78, 5) is 1.03. The molecule has 1 atom stereocenters. The molecule has 0 radical (unpaired) electrons. The molecule has 3 heteroatoms. The lowest BCUT2D eigenvalue weighted by Crippen LogP contribution is -2.29. The Morgan fingerprint density at radius 2 is 2.17 bits per heavy atom. The lowest BCUT2D eigenvalue weighted by Gasteiger charge is -2.19. The molecule has 18 heavy (non-hydrogen) atoms. The molecule has 1 aromatic carbocycles. The number of hydrogen-bond donors (Lipinski definition) is 1. The molecule has 1 aromatic rings. The van der Waals surface area contributed by atoms with Crippen LogP contribution < -0.4 is 5.32 Å². The zero-order valence-corrected chi connectivity index (χ0v) is 11.8. The van der Waals surface area contributed by atoms with Crippen molar-refractivity contribution in [3.63, 3.8) is 0 Å². The largest absolute Gasteiger partial charge is 0.316 e. The predicted octanol–water partition coefficient (Wildman–Crippen LogP) is 4.09. The van der Waals surface area contributed by atoms with Crippen LogP contribution in [0.2, 0.25) is 0 Å². The minimum absolute atomic E-state index is 0.142. The summed E-state index contributed by atoms with van der Waals surface area (Å²) in [6.07, 6.45) is 6.85. The van der Waals surface area contributed by atoms with Crippen LogP contribution in [-0.2, 0) is 0 Å². The standard InChI is InChI=1S/C15H22FNS/c1-17-14(9-12-5-2-3-6-12)11-18-15-8-4-7-13(16)10-15/h4,7-8,10,12,14,17H,2-3,5-6,9,11H2,1H3. The fourth-order valence-corrected chi connectivity index (χ4v) is 3.74. The highest BCUT2D eigenvalue weighted by atomic mass is 32.2. The van der Waals surface area contributed by atoms with Gasteiger partial charge >= 0.3 is 0 Å². The molecule has 0 bridgehead atoms. The molecule has 100 valence electrons. The van der Waals surface area contributed by atoms with E-state index in [-0.39, 0.29) is 5.82 Å². The number of thioether (sulfide) groups is 1. The molecule has 1 fully saturated rings. The van der Waals surface area contributed by atoms with Crippen LogP contribution in [0.1, 0.15) is 32.1 Å². The molecule has 0 spiro atoms. The summed E-state index contributed by atoms with van der Waals surface area (Å²) in [6.45, 7) is 0. The van der Waals surface area contributed by atoms with E-state index in [0.717, 1.165) is 16.6 Å². The van der Waals surface area contributed by atoms with Crippen LogP contribution in [-0.4, -0.2) is 18.8 Å². The Morgan fingerprint density at radius 3 is 2.83 bits per heavy atom. The monoisotopic (exact) mass is 267 g/mol. The predicted molar refractivity (Wildman–Crippen MR) is 76.5 cm³/mol. The summed E-state index contributed by atoms with van der Waals surface area (Å²) < 4.78 is 13.1. The summed E-state index contributed by atoms with van der Waals surface area (Å²) in [5, 5.41) is 3.40. The van der Waals surface area contributed by atoms with Crippen molar-refractivity contribution in [3.05, 3.63) is 30.1 Å². The molecular weight excluding hydrogens is 245 g/mol. The zero-order chi connectivity index (χ0) is 12.8. The molecule has 0 saturated heterocycles. The van der Waals surface area contributed by atoms with Gasteiger partial charge in [0.25, 0.3) is 0 Å². The van der Waals surface area contributed by atoms with E-state index in [1.807, 2.05) is 13.1 Å². The van der Waals surface area contributed by atoms with E-state index < -0.39 is 0 Å². The third-order valence-electron chi connectivity index (χ3n) is 3.75. The lowest BCUT2D eigenvalue weighted by atomic mass is 9.99. The Morgan fingerprint density at radius 1 is 1.39 bits per heavy atom. The van der Waals surface area contributed by atoms with E-state index in [9.17, 15) is 4.39 Å². The fourth-order valence-electron chi connectivity index (χ4n) is 2.67. The van der Waals surface area contributed by atoms with Crippen molar-refractivity contribution in [2.45, 2.75) is 43.0 Å². The zero-order valence-electron chi connectivity index (χ0n) is 11.0. The van der Waals surface area contributed by atoms with Crippen molar-refractivity contribution in [3.8, 4) is 0 Å². The van der Waals surface area contributed by atoms with Crippen LogP contribution in [0.15, 0.2) is 29.2 Å². The van der Waals surface area contributed by atoms with Gasteiger partial charge in [-0.3, -0.25) is 0 Å². The average Bonchev–Trinajstić information content (AvgIpc) is 2.87. The summed E-state index contributed by atoms with van der Waals surface area (Å²) in [5.41, 5.74) is 0. The molecule has 1 aliphatic carbocycles. The Hall–Kier alpha value is -0.540. The summed E-state index contributed by atoms with van der Waals surface area (Å²) >= 11 is 1.75. The molecule has 0 aliphatic heterocycles. The van der Waals surface area contributed by atoms with E-state index >= 15 is 0 Å². The SMILES string of the molecule is CNC(CSc1cccc(F)c1)CC1CCCC1. The van der Waals surface area contributed by atoms with E-state index in [4.69, 9.17) is 0 Å². The third kappa shape index (κ3) is 4.29. The van der Waals surface area contributed by atoms with Gasteiger partial charge in [-0.05, 0) is 37.6 Å². The molecule has 1 nitrogen and oxygen atoms in total. The topological polar surface area (TPSA) is 12.0 Å². The van der Waals surface area contributed by atoms with Crippen molar-refractivity contribution >= 4 is 11.8 Å². The Bertz CT molecular complexity index is 363. The van der Waals surface area contributed by atoms with Gasteiger partial charge < -0.3 is 5.32 Å². The normalized spacial score (nSPS) is 18.1. The van der Waals surface area contributed by atoms with Crippen LogP contribution in [0, 0.1) is 11.7 Å². The van der Waals surface area contributed by atoms with Crippen molar-refractivity contribution in [2.24, 2.45) is 5.92 Å². The number of nitrogens with one attached hydrogen (secondary N) is 1.